The number of aryl methyl sites for hydroxylation is 2. The van der Waals surface area contributed by atoms with E-state index < -0.39 is 11.7 Å². The average molecular weight is 534 g/mol. The van der Waals surface area contributed by atoms with E-state index in [2.05, 4.69) is 46.3 Å². The van der Waals surface area contributed by atoms with Crippen molar-refractivity contribution in [3.05, 3.63) is 64.7 Å². The van der Waals surface area contributed by atoms with Gasteiger partial charge >= 0.3 is 6.18 Å². The van der Waals surface area contributed by atoms with Crippen LogP contribution in [0.15, 0.2) is 42.5 Å². The van der Waals surface area contributed by atoms with Crippen LogP contribution in [0.4, 0.5) is 18.9 Å². The minimum Gasteiger partial charge on any atom is -0.382 e. The summed E-state index contributed by atoms with van der Waals surface area (Å²) in [5.41, 5.74) is 2.70. The lowest BCUT2D eigenvalue weighted by atomic mass is 10.0. The molecular weight excluding hydrogens is 495 g/mol. The largest absolute Gasteiger partial charge is 0.416 e. The van der Waals surface area contributed by atoms with Crippen molar-refractivity contribution in [2.45, 2.75) is 70.9 Å². The van der Waals surface area contributed by atoms with Crippen LogP contribution in [0.5, 0.6) is 0 Å². The summed E-state index contributed by atoms with van der Waals surface area (Å²) in [6.07, 6.45) is 0.668. The van der Waals surface area contributed by atoms with Crippen molar-refractivity contribution in [2.75, 3.05) is 38.0 Å². The lowest BCUT2D eigenvalue weighted by molar-refractivity contribution is -0.138. The molecule has 2 aromatic carbocycles. The van der Waals surface area contributed by atoms with E-state index in [-0.39, 0.29) is 11.6 Å². The number of hydrogen-bond acceptors (Lipinski definition) is 4. The lowest BCUT2D eigenvalue weighted by Crippen LogP contribution is -2.43. The fourth-order valence-electron chi connectivity index (χ4n) is 5.14. The summed E-state index contributed by atoms with van der Waals surface area (Å²) in [4.78, 5) is 5.73. The van der Waals surface area contributed by atoms with Gasteiger partial charge in [-0.1, -0.05) is 48.1 Å². The number of hydrogen-bond donors (Lipinski definition) is 1. The van der Waals surface area contributed by atoms with Crippen LogP contribution in [0, 0.1) is 13.8 Å². The second kappa shape index (κ2) is 12.6. The average Bonchev–Trinajstić information content (AvgIpc) is 2.88. The molecule has 0 amide bonds. The van der Waals surface area contributed by atoms with Crippen molar-refractivity contribution in [3.63, 3.8) is 0 Å². The van der Waals surface area contributed by atoms with Crippen molar-refractivity contribution in [1.29, 1.82) is 0 Å². The highest BCUT2D eigenvalue weighted by Crippen LogP contribution is 2.34. The van der Waals surface area contributed by atoms with Gasteiger partial charge in [0.05, 0.1) is 23.3 Å². The quantitative estimate of drug-likeness (QED) is 0.386. The van der Waals surface area contributed by atoms with Gasteiger partial charge in [0.1, 0.15) is 0 Å². The van der Waals surface area contributed by atoms with Crippen molar-refractivity contribution in [3.8, 4) is 0 Å². The summed E-state index contributed by atoms with van der Waals surface area (Å²) >= 11 is 5.74. The first-order valence-corrected chi connectivity index (χ1v) is 13.7. The molecule has 4 nitrogen and oxygen atoms in total. The van der Waals surface area contributed by atoms with Gasteiger partial charge in [-0.15, -0.1) is 0 Å². The maximum Gasteiger partial charge on any atom is 0.416 e. The zero-order chi connectivity index (χ0) is 26.4. The predicted octanol–water partition coefficient (Wildman–Crippen LogP) is 6.60. The first kappa shape index (κ1) is 27.9. The van der Waals surface area contributed by atoms with E-state index in [1.54, 1.807) is 6.07 Å². The third-order valence-electron chi connectivity index (χ3n) is 7.54. The number of thiocarbonyl (C=S) groups is 1. The Morgan fingerprint density at radius 2 is 1.65 bits per heavy atom. The van der Waals surface area contributed by atoms with E-state index in [4.69, 9.17) is 17.0 Å². The molecule has 37 heavy (non-hydrogen) atoms. The van der Waals surface area contributed by atoms with Gasteiger partial charge in [0, 0.05) is 50.9 Å². The third-order valence-corrected chi connectivity index (χ3v) is 8.01. The summed E-state index contributed by atoms with van der Waals surface area (Å²) in [6.45, 7) is 8.96. The van der Waals surface area contributed by atoms with Crippen LogP contribution in [-0.2, 0) is 17.5 Å². The zero-order valence-corrected chi connectivity index (χ0v) is 22.6. The Balaban J connectivity index is 1.13. The van der Waals surface area contributed by atoms with Gasteiger partial charge in [-0.2, -0.15) is 13.2 Å². The Kier molecular flexibility index (Phi) is 9.48. The third kappa shape index (κ3) is 8.16. The molecule has 2 aliphatic rings. The fourth-order valence-corrected chi connectivity index (χ4v) is 5.41. The molecule has 8 heteroatoms. The van der Waals surface area contributed by atoms with Crippen LogP contribution in [0.2, 0.25) is 0 Å². The van der Waals surface area contributed by atoms with Crippen molar-refractivity contribution in [2.24, 2.45) is 0 Å². The molecule has 0 aromatic heterocycles. The number of nitrogens with one attached hydrogen (secondary N) is 1. The van der Waals surface area contributed by atoms with Gasteiger partial charge < -0.3 is 19.9 Å². The number of rotatable bonds is 8. The fraction of sp³-hybridized carbons (Fsp3) is 0.552. The predicted molar refractivity (Wildman–Crippen MR) is 147 cm³/mol. The van der Waals surface area contributed by atoms with Crippen LogP contribution in [-0.4, -0.2) is 59.7 Å². The SMILES string of the molecule is Cc1ccc(COC2CCN(CCC(=S)N3CCC(Nc4ccc(C)c(C(F)(F)F)c4)CC3)CC2)cc1. The Labute approximate surface area is 224 Å². The molecule has 0 spiro atoms. The van der Waals surface area contributed by atoms with Gasteiger partial charge in [0.2, 0.25) is 0 Å². The number of alkyl halides is 3. The number of ether oxygens (including phenoxy) is 1. The molecule has 2 heterocycles. The molecule has 2 fully saturated rings. The summed E-state index contributed by atoms with van der Waals surface area (Å²) in [5.74, 6) is 0. The van der Waals surface area contributed by atoms with Gasteiger partial charge in [-0.3, -0.25) is 0 Å². The monoisotopic (exact) mass is 533 g/mol. The Hall–Kier alpha value is -2.16. The molecule has 0 unspecified atom stereocenters. The minimum absolute atomic E-state index is 0.154. The molecule has 202 valence electrons. The number of halogens is 3. The number of anilines is 1. The van der Waals surface area contributed by atoms with E-state index in [0.29, 0.717) is 18.4 Å². The van der Waals surface area contributed by atoms with Crippen molar-refractivity contribution in [1.82, 2.24) is 9.80 Å². The maximum absolute atomic E-state index is 13.2. The van der Waals surface area contributed by atoms with E-state index in [1.807, 2.05) is 0 Å². The topological polar surface area (TPSA) is 27.7 Å². The van der Waals surface area contributed by atoms with Crippen LogP contribution in [0.25, 0.3) is 0 Å². The highest BCUT2D eigenvalue weighted by atomic mass is 32.1. The van der Waals surface area contributed by atoms with Crippen molar-refractivity contribution < 1.29 is 17.9 Å². The zero-order valence-electron chi connectivity index (χ0n) is 21.8. The van der Waals surface area contributed by atoms with Crippen LogP contribution >= 0.6 is 12.2 Å². The Bertz CT molecular complexity index is 1030. The van der Waals surface area contributed by atoms with Crippen molar-refractivity contribution >= 4 is 22.9 Å². The van der Waals surface area contributed by atoms with Crippen LogP contribution in [0.1, 0.15) is 54.4 Å². The Morgan fingerprint density at radius 1 is 0.973 bits per heavy atom. The molecule has 0 atom stereocenters. The smallest absolute Gasteiger partial charge is 0.382 e. The normalized spacial score (nSPS) is 18.2. The van der Waals surface area contributed by atoms with E-state index in [9.17, 15) is 13.2 Å². The van der Waals surface area contributed by atoms with Crippen LogP contribution < -0.4 is 5.32 Å². The van der Waals surface area contributed by atoms with E-state index in [1.165, 1.54) is 30.2 Å². The molecule has 0 bridgehead atoms. The molecular formula is C29H38F3N3OS. The standard InChI is InChI=1S/C29H38F3N3OS/c1-21-3-6-23(7-4-21)20-36-26-11-14-34(15-12-26)16-13-28(37)35-17-9-24(10-18-35)33-25-8-5-22(2)27(19-25)29(30,31)32/h3-8,19,24,26,33H,9-18,20H2,1-2H3. The lowest BCUT2D eigenvalue weighted by Gasteiger charge is -2.36. The summed E-state index contributed by atoms with van der Waals surface area (Å²) in [6, 6.07) is 13.2. The summed E-state index contributed by atoms with van der Waals surface area (Å²) < 4.78 is 45.8. The molecule has 4 rings (SSSR count). The van der Waals surface area contributed by atoms with Crippen LogP contribution in [0.3, 0.4) is 0 Å². The highest BCUT2D eigenvalue weighted by molar-refractivity contribution is 7.80. The van der Waals surface area contributed by atoms with Gasteiger partial charge in [0.25, 0.3) is 0 Å². The van der Waals surface area contributed by atoms with E-state index >= 15 is 0 Å². The molecule has 0 aliphatic carbocycles. The number of benzene rings is 2. The second-order valence-corrected chi connectivity index (χ2v) is 10.9. The minimum atomic E-state index is -4.33. The molecule has 0 saturated carbocycles. The molecule has 0 radical (unpaired) electrons. The van der Waals surface area contributed by atoms with Gasteiger partial charge in [-0.05, 0) is 62.8 Å². The molecule has 1 N–H and O–H groups in total. The number of nitrogens with zero attached hydrogens (tertiary/aromatic N) is 2. The maximum atomic E-state index is 13.2. The number of likely N-dealkylation sites (tertiary alicyclic amines) is 2. The molecule has 2 saturated heterocycles. The molecule has 2 aliphatic heterocycles. The van der Waals surface area contributed by atoms with E-state index in [0.717, 1.165) is 69.8 Å². The van der Waals surface area contributed by atoms with Gasteiger partial charge in [-0.25, -0.2) is 0 Å². The highest BCUT2D eigenvalue weighted by Gasteiger charge is 2.32. The summed E-state index contributed by atoms with van der Waals surface area (Å²) in [5, 5.41) is 3.30. The first-order valence-electron chi connectivity index (χ1n) is 13.3. The number of piperidine rings is 2. The van der Waals surface area contributed by atoms with Gasteiger partial charge in [0.15, 0.2) is 0 Å². The molecule has 2 aromatic rings. The summed E-state index contributed by atoms with van der Waals surface area (Å²) in [7, 11) is 0. The first-order chi connectivity index (χ1) is 17.7. The second-order valence-electron chi connectivity index (χ2n) is 10.4. The Morgan fingerprint density at radius 3 is 2.30 bits per heavy atom.